The highest BCUT2D eigenvalue weighted by Gasteiger charge is 2.51. The van der Waals surface area contributed by atoms with Gasteiger partial charge in [-0.25, -0.2) is 0 Å². The third-order valence-electron chi connectivity index (χ3n) is 3.65. The number of aromatic nitrogens is 1. The molecule has 1 N–H and O–H groups in total. The molecule has 1 aromatic heterocycles. The van der Waals surface area contributed by atoms with Crippen molar-refractivity contribution >= 4 is 17.9 Å². The zero-order chi connectivity index (χ0) is 20.3. The Balaban J connectivity index is 2.45. The van der Waals surface area contributed by atoms with E-state index in [4.69, 9.17) is 18.9 Å². The van der Waals surface area contributed by atoms with E-state index in [1.54, 1.807) is 0 Å². The van der Waals surface area contributed by atoms with E-state index in [1.807, 2.05) is 0 Å². The van der Waals surface area contributed by atoms with Crippen LogP contribution in [0.2, 0.25) is 0 Å². The first-order chi connectivity index (χ1) is 12.6. The summed E-state index contributed by atoms with van der Waals surface area (Å²) in [6.07, 6.45) is -3.99. The van der Waals surface area contributed by atoms with Crippen molar-refractivity contribution in [2.45, 2.75) is 45.3 Å². The van der Waals surface area contributed by atoms with E-state index >= 15 is 0 Å². The predicted octanol–water partition coefficient (Wildman–Crippen LogP) is 0.0169. The summed E-state index contributed by atoms with van der Waals surface area (Å²) in [7, 11) is 0. The van der Waals surface area contributed by atoms with E-state index < -0.39 is 59.6 Å². The highest BCUT2D eigenvalue weighted by atomic mass is 19.1. The molecule has 2 rings (SSSR count). The molecule has 0 saturated carbocycles. The molecule has 1 aliphatic heterocycles. The highest BCUT2D eigenvalue weighted by molar-refractivity contribution is 5.68. The molecule has 0 bridgehead atoms. The smallest absolute Gasteiger partial charge is 0.303 e. The van der Waals surface area contributed by atoms with Gasteiger partial charge in [-0.1, -0.05) is 0 Å². The Kier molecular flexibility index (Phi) is 6.16. The van der Waals surface area contributed by atoms with Gasteiger partial charge in [-0.3, -0.25) is 23.7 Å². The minimum Gasteiger partial charge on any atom is -0.505 e. The van der Waals surface area contributed by atoms with E-state index in [0.29, 0.717) is 0 Å². The van der Waals surface area contributed by atoms with Crippen LogP contribution >= 0.6 is 0 Å². The molecule has 0 spiro atoms. The third kappa shape index (κ3) is 4.61. The molecule has 1 fully saturated rings. The maximum absolute atomic E-state index is 13.8. The molecule has 0 unspecified atom stereocenters. The lowest BCUT2D eigenvalue weighted by molar-refractivity contribution is -0.166. The number of nitrogens with zero attached hydrogens (tertiary/aromatic N) is 1. The zero-order valence-electron chi connectivity index (χ0n) is 14.7. The Morgan fingerprint density at radius 1 is 1.15 bits per heavy atom. The molecule has 0 aromatic carbocycles. The van der Waals surface area contributed by atoms with Crippen LogP contribution in [0.4, 0.5) is 4.39 Å². The second-order valence-electron chi connectivity index (χ2n) is 5.74. The first-order valence-electron chi connectivity index (χ1n) is 7.84. The summed E-state index contributed by atoms with van der Waals surface area (Å²) in [4.78, 5) is 46.1. The monoisotopic (exact) mass is 387 g/mol. The summed E-state index contributed by atoms with van der Waals surface area (Å²) in [6, 6.07) is 0.908. The summed E-state index contributed by atoms with van der Waals surface area (Å²) in [5.74, 6) is -4.45. The minimum absolute atomic E-state index is 0.364. The Morgan fingerprint density at radius 3 is 2.30 bits per heavy atom. The third-order valence-corrected chi connectivity index (χ3v) is 3.65. The molecular weight excluding hydrogens is 369 g/mol. The molecule has 10 nitrogen and oxygen atoms in total. The number of carbonyl (C=O) groups excluding carboxylic acids is 3. The average molecular weight is 387 g/mol. The lowest BCUT2D eigenvalue weighted by atomic mass is 10.1. The lowest BCUT2D eigenvalue weighted by Gasteiger charge is -2.24. The minimum atomic E-state index is -1.44. The normalized spacial score (nSPS) is 24.3. The SMILES string of the molecule is CC(=O)OC[C@H]1O[C@@H](n2ccc(O)c(F)c2=O)[C@@H](OC(C)=O)[C@@H]1OC(C)=O. The maximum atomic E-state index is 13.8. The maximum Gasteiger partial charge on any atom is 0.303 e. The Hall–Kier alpha value is -2.95. The van der Waals surface area contributed by atoms with Crippen LogP contribution in [-0.2, 0) is 33.3 Å². The molecule has 0 amide bonds. The quantitative estimate of drug-likeness (QED) is 0.549. The van der Waals surface area contributed by atoms with Crippen molar-refractivity contribution in [3.63, 3.8) is 0 Å². The number of halogens is 1. The molecule has 0 aliphatic carbocycles. The predicted molar refractivity (Wildman–Crippen MR) is 84.0 cm³/mol. The number of hydrogen-bond donors (Lipinski definition) is 1. The molecule has 4 atom stereocenters. The van der Waals surface area contributed by atoms with E-state index in [-0.39, 0.29) is 6.61 Å². The van der Waals surface area contributed by atoms with E-state index in [0.717, 1.165) is 37.6 Å². The lowest BCUT2D eigenvalue weighted by Crippen LogP contribution is -2.41. The summed E-state index contributed by atoms with van der Waals surface area (Å²) in [5.41, 5.74) is -1.24. The molecule has 27 heavy (non-hydrogen) atoms. The molecule has 2 heterocycles. The van der Waals surface area contributed by atoms with Crippen LogP contribution in [0.5, 0.6) is 5.75 Å². The highest BCUT2D eigenvalue weighted by Crippen LogP contribution is 2.34. The average Bonchev–Trinajstić information content (AvgIpc) is 2.87. The molecular formula is C16H18FNO9. The van der Waals surface area contributed by atoms with Gasteiger partial charge in [0.1, 0.15) is 12.7 Å². The summed E-state index contributed by atoms with van der Waals surface area (Å²) >= 11 is 0. The van der Waals surface area contributed by atoms with Gasteiger partial charge >= 0.3 is 17.9 Å². The zero-order valence-corrected chi connectivity index (χ0v) is 14.7. The van der Waals surface area contributed by atoms with Crippen LogP contribution in [0.25, 0.3) is 0 Å². The van der Waals surface area contributed by atoms with Gasteiger partial charge in [0.2, 0.25) is 5.82 Å². The molecule has 1 aromatic rings. The van der Waals surface area contributed by atoms with E-state index in [1.165, 1.54) is 0 Å². The van der Waals surface area contributed by atoms with Gasteiger partial charge in [0.25, 0.3) is 5.56 Å². The molecule has 1 aliphatic rings. The van der Waals surface area contributed by atoms with Crippen LogP contribution in [0.3, 0.4) is 0 Å². The van der Waals surface area contributed by atoms with Crippen molar-refractivity contribution in [1.82, 2.24) is 4.57 Å². The van der Waals surface area contributed by atoms with Crippen LogP contribution in [0, 0.1) is 5.82 Å². The number of ether oxygens (including phenoxy) is 4. The number of aromatic hydroxyl groups is 1. The topological polar surface area (TPSA) is 130 Å². The van der Waals surface area contributed by atoms with Gasteiger partial charge in [-0.15, -0.1) is 0 Å². The van der Waals surface area contributed by atoms with E-state index in [9.17, 15) is 28.7 Å². The fourth-order valence-electron chi connectivity index (χ4n) is 2.63. The second kappa shape index (κ2) is 8.16. The van der Waals surface area contributed by atoms with Crippen LogP contribution in [0.15, 0.2) is 17.1 Å². The van der Waals surface area contributed by atoms with E-state index in [2.05, 4.69) is 0 Å². The Bertz CT molecular complexity index is 806. The molecule has 11 heteroatoms. The van der Waals surface area contributed by atoms with Crippen LogP contribution in [-0.4, -0.2) is 52.5 Å². The van der Waals surface area contributed by atoms with Crippen LogP contribution < -0.4 is 5.56 Å². The summed E-state index contributed by atoms with van der Waals surface area (Å²) in [6.45, 7) is 2.97. The van der Waals surface area contributed by atoms with Crippen molar-refractivity contribution < 1.29 is 42.8 Å². The number of carbonyl (C=O) groups is 3. The number of rotatable bonds is 5. The molecule has 1 saturated heterocycles. The van der Waals surface area contributed by atoms with Gasteiger partial charge in [0, 0.05) is 27.0 Å². The number of esters is 3. The second-order valence-corrected chi connectivity index (χ2v) is 5.74. The van der Waals surface area contributed by atoms with Crippen molar-refractivity contribution in [3.8, 4) is 5.75 Å². The largest absolute Gasteiger partial charge is 0.505 e. The summed E-state index contributed by atoms with van der Waals surface area (Å²) < 4.78 is 35.2. The van der Waals surface area contributed by atoms with Gasteiger partial charge in [-0.05, 0) is 6.07 Å². The number of hydrogen-bond acceptors (Lipinski definition) is 9. The summed E-state index contributed by atoms with van der Waals surface area (Å²) in [5, 5.41) is 9.31. The van der Waals surface area contributed by atoms with Gasteiger partial charge in [0.15, 0.2) is 24.2 Å². The Labute approximate surface area is 152 Å². The number of pyridine rings is 1. The Morgan fingerprint density at radius 2 is 1.74 bits per heavy atom. The molecule has 0 radical (unpaired) electrons. The first-order valence-corrected chi connectivity index (χ1v) is 7.84. The fourth-order valence-corrected chi connectivity index (χ4v) is 2.63. The van der Waals surface area contributed by atoms with Gasteiger partial charge < -0.3 is 24.1 Å². The van der Waals surface area contributed by atoms with Crippen LogP contribution in [0.1, 0.15) is 27.0 Å². The van der Waals surface area contributed by atoms with Gasteiger partial charge in [0.05, 0.1) is 0 Å². The van der Waals surface area contributed by atoms with Crippen molar-refractivity contribution in [2.75, 3.05) is 6.61 Å². The van der Waals surface area contributed by atoms with Crippen molar-refractivity contribution in [1.29, 1.82) is 0 Å². The molecule has 148 valence electrons. The fraction of sp³-hybridized carbons (Fsp3) is 0.500. The van der Waals surface area contributed by atoms with Gasteiger partial charge in [-0.2, -0.15) is 4.39 Å². The standard InChI is InChI=1S/C16H18FNO9/c1-7(19)24-6-11-13(25-8(2)20)14(26-9(3)21)16(27-11)18-5-4-10(22)12(17)15(18)23/h4-5,11,13-14,16,22H,6H2,1-3H3/t11-,13-,14+,16-/m1/s1. The first kappa shape index (κ1) is 20.4. The van der Waals surface area contributed by atoms with Crippen molar-refractivity contribution in [2.24, 2.45) is 0 Å². The van der Waals surface area contributed by atoms with Crippen molar-refractivity contribution in [3.05, 3.63) is 28.4 Å².